The first-order valence-electron chi connectivity index (χ1n) is 10.7. The highest BCUT2D eigenvalue weighted by molar-refractivity contribution is 5.95. The Balaban J connectivity index is 1.21. The van der Waals surface area contributed by atoms with E-state index in [1.54, 1.807) is 12.5 Å². The fraction of sp³-hybridized carbons (Fsp3) is 0.320. The van der Waals surface area contributed by atoms with Crippen LogP contribution in [0.15, 0.2) is 73.3 Å². The Morgan fingerprint density at radius 3 is 2.42 bits per heavy atom. The van der Waals surface area contributed by atoms with Crippen LogP contribution in [-0.2, 0) is 16.1 Å². The summed E-state index contributed by atoms with van der Waals surface area (Å²) >= 11 is 0. The molecule has 0 aliphatic carbocycles. The van der Waals surface area contributed by atoms with E-state index in [0.29, 0.717) is 44.5 Å². The molecule has 3 heterocycles. The second kappa shape index (κ2) is 8.02. The first-order chi connectivity index (χ1) is 15.1. The molecule has 0 N–H and O–H groups in total. The summed E-state index contributed by atoms with van der Waals surface area (Å²) in [7, 11) is 0. The molecule has 5 rings (SSSR count). The maximum Gasteiger partial charge on any atom is 0.312 e. The SMILES string of the molecule is O=C(c1ccc(-c2ccccc2)cc1)N1CCC2(CC1)CC(Cn1ccnc1)OC2=O. The van der Waals surface area contributed by atoms with E-state index in [4.69, 9.17) is 4.74 Å². The molecule has 2 aromatic carbocycles. The Morgan fingerprint density at radius 1 is 1.03 bits per heavy atom. The van der Waals surface area contributed by atoms with Crippen molar-refractivity contribution in [3.05, 3.63) is 78.9 Å². The summed E-state index contributed by atoms with van der Waals surface area (Å²) in [6.07, 6.45) is 7.22. The zero-order chi connectivity index (χ0) is 21.3. The fourth-order valence-electron chi connectivity index (χ4n) is 4.73. The molecule has 1 aromatic heterocycles. The molecule has 31 heavy (non-hydrogen) atoms. The number of rotatable bonds is 4. The van der Waals surface area contributed by atoms with Gasteiger partial charge in [0.25, 0.3) is 5.91 Å². The zero-order valence-electron chi connectivity index (χ0n) is 17.3. The van der Waals surface area contributed by atoms with Crippen molar-refractivity contribution in [2.24, 2.45) is 5.41 Å². The average molecular weight is 415 g/mol. The van der Waals surface area contributed by atoms with Gasteiger partial charge in [0.1, 0.15) is 6.10 Å². The molecule has 2 fully saturated rings. The van der Waals surface area contributed by atoms with Crippen LogP contribution in [0.1, 0.15) is 29.6 Å². The monoisotopic (exact) mass is 415 g/mol. The summed E-state index contributed by atoms with van der Waals surface area (Å²) in [5.74, 6) is -0.0901. The van der Waals surface area contributed by atoms with E-state index in [-0.39, 0.29) is 18.0 Å². The van der Waals surface area contributed by atoms with Crippen LogP contribution >= 0.6 is 0 Å². The van der Waals surface area contributed by atoms with Crippen LogP contribution in [0, 0.1) is 5.41 Å². The van der Waals surface area contributed by atoms with Crippen LogP contribution in [0.4, 0.5) is 0 Å². The number of cyclic esters (lactones) is 1. The summed E-state index contributed by atoms with van der Waals surface area (Å²) < 4.78 is 7.61. The van der Waals surface area contributed by atoms with Gasteiger partial charge in [-0.15, -0.1) is 0 Å². The number of benzene rings is 2. The molecule has 1 unspecified atom stereocenters. The highest BCUT2D eigenvalue weighted by atomic mass is 16.6. The van der Waals surface area contributed by atoms with E-state index in [2.05, 4.69) is 17.1 Å². The molecular formula is C25H25N3O3. The van der Waals surface area contributed by atoms with Gasteiger partial charge in [-0.3, -0.25) is 9.59 Å². The number of piperidine rings is 1. The van der Waals surface area contributed by atoms with Gasteiger partial charge in [-0.2, -0.15) is 0 Å². The van der Waals surface area contributed by atoms with Crippen molar-refractivity contribution < 1.29 is 14.3 Å². The Labute approximate surface area is 181 Å². The normalized spacial score (nSPS) is 20.1. The number of aromatic nitrogens is 2. The van der Waals surface area contributed by atoms with Gasteiger partial charge in [0.15, 0.2) is 0 Å². The number of likely N-dealkylation sites (tertiary alicyclic amines) is 1. The van der Waals surface area contributed by atoms with Crippen LogP contribution in [0.3, 0.4) is 0 Å². The molecule has 1 atom stereocenters. The maximum atomic E-state index is 13.0. The molecule has 0 radical (unpaired) electrons. The molecule has 2 aliphatic rings. The smallest absolute Gasteiger partial charge is 0.312 e. The van der Waals surface area contributed by atoms with E-state index in [1.165, 1.54) is 0 Å². The number of carbonyl (C=O) groups excluding carboxylic acids is 2. The van der Waals surface area contributed by atoms with Crippen LogP contribution in [0.25, 0.3) is 11.1 Å². The molecule has 3 aromatic rings. The Kier molecular flexibility index (Phi) is 5.06. The topological polar surface area (TPSA) is 64.4 Å². The third kappa shape index (κ3) is 3.85. The predicted octanol–water partition coefficient (Wildman–Crippen LogP) is 3.79. The van der Waals surface area contributed by atoms with Gasteiger partial charge in [-0.25, -0.2) is 4.98 Å². The molecule has 0 bridgehead atoms. The van der Waals surface area contributed by atoms with Crippen molar-refractivity contribution in [2.75, 3.05) is 13.1 Å². The minimum absolute atomic E-state index is 0.0239. The Hall–Kier alpha value is -3.41. The number of imidazole rings is 1. The summed E-state index contributed by atoms with van der Waals surface area (Å²) in [6.45, 7) is 1.78. The average Bonchev–Trinajstić information content (AvgIpc) is 3.43. The largest absolute Gasteiger partial charge is 0.460 e. The summed E-state index contributed by atoms with van der Waals surface area (Å²) in [4.78, 5) is 31.6. The van der Waals surface area contributed by atoms with Crippen LogP contribution in [0.2, 0.25) is 0 Å². The highest BCUT2D eigenvalue weighted by Crippen LogP contribution is 2.43. The number of esters is 1. The highest BCUT2D eigenvalue weighted by Gasteiger charge is 2.50. The number of hydrogen-bond acceptors (Lipinski definition) is 4. The molecular weight excluding hydrogens is 390 g/mol. The van der Waals surface area contributed by atoms with E-state index in [9.17, 15) is 9.59 Å². The minimum atomic E-state index is -0.459. The third-order valence-electron chi connectivity index (χ3n) is 6.55. The van der Waals surface area contributed by atoms with Crippen molar-refractivity contribution in [1.29, 1.82) is 0 Å². The molecule has 0 saturated carbocycles. The van der Waals surface area contributed by atoms with Crippen LogP contribution in [-0.4, -0.2) is 45.5 Å². The van der Waals surface area contributed by atoms with Gasteiger partial charge in [0.05, 0.1) is 18.3 Å². The quantitative estimate of drug-likeness (QED) is 0.608. The minimum Gasteiger partial charge on any atom is -0.460 e. The number of hydrogen-bond donors (Lipinski definition) is 0. The lowest BCUT2D eigenvalue weighted by molar-refractivity contribution is -0.150. The van der Waals surface area contributed by atoms with Gasteiger partial charge < -0.3 is 14.2 Å². The molecule has 1 amide bonds. The summed E-state index contributed by atoms with van der Waals surface area (Å²) in [5, 5.41) is 0. The van der Waals surface area contributed by atoms with Crippen molar-refractivity contribution in [3.8, 4) is 11.1 Å². The molecule has 158 valence electrons. The van der Waals surface area contributed by atoms with Gasteiger partial charge in [0, 0.05) is 37.5 Å². The first kappa shape index (κ1) is 19.5. The van der Waals surface area contributed by atoms with Crippen LogP contribution in [0.5, 0.6) is 0 Å². The van der Waals surface area contributed by atoms with Gasteiger partial charge in [-0.1, -0.05) is 42.5 Å². The standard InChI is InChI=1S/C25H25N3O3/c29-23(21-8-6-20(7-9-21)19-4-2-1-3-5-19)28-13-10-25(11-14-28)16-22(31-24(25)30)17-27-15-12-26-18-27/h1-9,12,15,18,22H,10-11,13-14,16-17H2. The van der Waals surface area contributed by atoms with Crippen molar-refractivity contribution in [3.63, 3.8) is 0 Å². The molecule has 1 spiro atoms. The lowest BCUT2D eigenvalue weighted by Gasteiger charge is -2.36. The van der Waals surface area contributed by atoms with Gasteiger partial charge in [-0.05, 0) is 36.1 Å². The molecule has 2 aliphatic heterocycles. The van der Waals surface area contributed by atoms with Crippen molar-refractivity contribution in [1.82, 2.24) is 14.5 Å². The van der Waals surface area contributed by atoms with E-state index in [0.717, 1.165) is 11.1 Å². The van der Waals surface area contributed by atoms with E-state index >= 15 is 0 Å². The Bertz CT molecular complexity index is 1050. The Morgan fingerprint density at radius 2 is 1.74 bits per heavy atom. The summed E-state index contributed by atoms with van der Waals surface area (Å²) in [6, 6.07) is 17.9. The predicted molar refractivity (Wildman–Crippen MR) is 116 cm³/mol. The lowest BCUT2D eigenvalue weighted by atomic mass is 9.76. The maximum absolute atomic E-state index is 13.0. The molecule has 6 nitrogen and oxygen atoms in total. The third-order valence-corrected chi connectivity index (χ3v) is 6.55. The molecule has 6 heteroatoms. The zero-order valence-corrected chi connectivity index (χ0v) is 17.3. The first-order valence-corrected chi connectivity index (χ1v) is 10.7. The number of nitrogens with zero attached hydrogens (tertiary/aromatic N) is 3. The van der Waals surface area contributed by atoms with E-state index in [1.807, 2.05) is 58.1 Å². The number of ether oxygens (including phenoxy) is 1. The lowest BCUT2D eigenvalue weighted by Crippen LogP contribution is -2.45. The summed E-state index contributed by atoms with van der Waals surface area (Å²) in [5.41, 5.74) is 2.44. The van der Waals surface area contributed by atoms with Crippen molar-refractivity contribution >= 4 is 11.9 Å². The molecule has 2 saturated heterocycles. The second-order valence-electron chi connectivity index (χ2n) is 8.51. The second-order valence-corrected chi connectivity index (χ2v) is 8.51. The van der Waals surface area contributed by atoms with Gasteiger partial charge >= 0.3 is 5.97 Å². The van der Waals surface area contributed by atoms with Crippen LogP contribution < -0.4 is 0 Å². The van der Waals surface area contributed by atoms with Gasteiger partial charge in [0.2, 0.25) is 0 Å². The van der Waals surface area contributed by atoms with Crippen molar-refractivity contribution in [2.45, 2.75) is 31.9 Å². The number of amides is 1. The number of carbonyl (C=O) groups is 2. The fourth-order valence-corrected chi connectivity index (χ4v) is 4.73. The van der Waals surface area contributed by atoms with E-state index < -0.39 is 5.41 Å².